The summed E-state index contributed by atoms with van der Waals surface area (Å²) in [7, 11) is 0. The zero-order valence-corrected chi connectivity index (χ0v) is 48.8. The highest BCUT2D eigenvalue weighted by molar-refractivity contribution is 9.11. The summed E-state index contributed by atoms with van der Waals surface area (Å²) in [5.74, 6) is 2.17. The molecule has 8 heteroatoms. The lowest BCUT2D eigenvalue weighted by molar-refractivity contribution is -0.109. The molecule has 70 heavy (non-hydrogen) atoms. The van der Waals surface area contributed by atoms with E-state index in [2.05, 4.69) is 59.6 Å². The highest BCUT2D eigenvalue weighted by Gasteiger charge is 2.29. The monoisotopic (exact) mass is 1120 g/mol. The van der Waals surface area contributed by atoms with E-state index in [1.165, 1.54) is 180 Å². The van der Waals surface area contributed by atoms with Crippen molar-refractivity contribution in [2.24, 2.45) is 11.8 Å². The van der Waals surface area contributed by atoms with E-state index in [1.807, 2.05) is 48.6 Å². The second-order valence-corrected chi connectivity index (χ2v) is 25.6. The Morgan fingerprint density at radius 2 is 0.686 bits per heavy atom. The van der Waals surface area contributed by atoms with Crippen molar-refractivity contribution in [1.82, 2.24) is 0 Å². The number of carbonyl (C=O) groups is 2. The van der Waals surface area contributed by atoms with Gasteiger partial charge in [0.2, 0.25) is 0 Å². The molecule has 2 aromatic heterocycles. The third-order valence-corrected chi connectivity index (χ3v) is 18.0. The lowest BCUT2D eigenvalue weighted by atomic mass is 9.89. The van der Waals surface area contributed by atoms with E-state index in [1.54, 1.807) is 22.7 Å². The summed E-state index contributed by atoms with van der Waals surface area (Å²) in [6, 6.07) is 8.07. The van der Waals surface area contributed by atoms with Gasteiger partial charge in [0, 0.05) is 42.5 Å². The van der Waals surface area contributed by atoms with Crippen molar-refractivity contribution in [2.75, 3.05) is 13.2 Å². The number of Topliss-reactive ketones (excluding diaryl/α,β-unsaturated/α-hetero) is 2. The Morgan fingerprint density at radius 1 is 0.400 bits per heavy atom. The Bertz CT molecular complexity index is 2040. The van der Waals surface area contributed by atoms with E-state index in [0.717, 1.165) is 64.6 Å². The first-order chi connectivity index (χ1) is 34.3. The minimum atomic E-state index is -0.0296. The van der Waals surface area contributed by atoms with Gasteiger partial charge in [-0.2, -0.15) is 0 Å². The van der Waals surface area contributed by atoms with Gasteiger partial charge < -0.3 is 9.47 Å². The summed E-state index contributed by atoms with van der Waals surface area (Å²) in [6.45, 7) is 10.3. The van der Waals surface area contributed by atoms with Crippen molar-refractivity contribution in [3.05, 3.63) is 63.2 Å². The number of thiophene rings is 2. The third-order valence-electron chi connectivity index (χ3n) is 14.7. The minimum Gasteiger partial charge on any atom is -0.492 e. The Morgan fingerprint density at radius 3 is 0.957 bits per heavy atom. The molecule has 2 aliphatic carbocycles. The predicted octanol–water partition coefficient (Wildman–Crippen LogP) is 19.7. The van der Waals surface area contributed by atoms with Crippen LogP contribution < -0.4 is 19.9 Å². The van der Waals surface area contributed by atoms with Crippen molar-refractivity contribution in [3.8, 4) is 11.5 Å². The highest BCUT2D eigenvalue weighted by atomic mass is 79.9. The molecule has 2 unspecified atom stereocenters. The molecule has 388 valence electrons. The van der Waals surface area contributed by atoms with Gasteiger partial charge in [0.25, 0.3) is 0 Å². The first-order valence-electron chi connectivity index (χ1n) is 28.5. The molecule has 2 heterocycles. The van der Waals surface area contributed by atoms with Gasteiger partial charge in [0.1, 0.15) is 11.5 Å². The maximum atomic E-state index is 14.4. The van der Waals surface area contributed by atoms with Crippen LogP contribution in [0.5, 0.6) is 11.5 Å². The van der Waals surface area contributed by atoms with Gasteiger partial charge in [0.05, 0.1) is 20.8 Å². The first-order valence-corrected chi connectivity index (χ1v) is 31.7. The predicted molar refractivity (Wildman–Crippen MR) is 313 cm³/mol. The van der Waals surface area contributed by atoms with Gasteiger partial charge >= 0.3 is 0 Å². The number of hydrogen-bond donors (Lipinski definition) is 0. The second-order valence-electron chi connectivity index (χ2n) is 20.6. The molecule has 0 radical (unpaired) electrons. The molecule has 1 aromatic carbocycles. The average molecular weight is 1120 g/mol. The molecule has 5 rings (SSSR count). The molecule has 2 aliphatic rings. The molecular weight excluding hydrogens is 1030 g/mol. The molecule has 0 spiro atoms. The number of fused-ring (bicyclic) bond motifs is 2. The molecule has 3 aromatic rings. The molecule has 0 saturated carbocycles. The quantitative estimate of drug-likeness (QED) is 0.0533. The van der Waals surface area contributed by atoms with Crippen molar-refractivity contribution in [1.29, 1.82) is 0 Å². The van der Waals surface area contributed by atoms with Crippen LogP contribution in [0, 0.1) is 11.8 Å². The van der Waals surface area contributed by atoms with Crippen molar-refractivity contribution >= 4 is 102 Å². The smallest absolute Gasteiger partial charge is 0.188 e. The molecule has 2 atom stereocenters. The highest BCUT2D eigenvalue weighted by Crippen LogP contribution is 2.38. The fraction of sp³-hybridized carbons (Fsp3) is 0.645. The van der Waals surface area contributed by atoms with Crippen LogP contribution in [0.3, 0.4) is 0 Å². The van der Waals surface area contributed by atoms with Gasteiger partial charge in [-0.15, -0.1) is 22.7 Å². The summed E-state index contributed by atoms with van der Waals surface area (Å²) < 4.78 is 16.4. The molecular formula is C62H90Br2O4S2. The molecule has 0 N–H and O–H groups in total. The third kappa shape index (κ3) is 19.9. The zero-order valence-electron chi connectivity index (χ0n) is 44.0. The van der Waals surface area contributed by atoms with Crippen LogP contribution in [-0.2, 0) is 9.59 Å². The Labute approximate surface area is 450 Å². The van der Waals surface area contributed by atoms with Gasteiger partial charge in [-0.3, -0.25) is 9.59 Å². The number of hydrogen-bond acceptors (Lipinski definition) is 6. The molecule has 0 fully saturated rings. The number of ether oxygens (including phenoxy) is 2. The number of rotatable bonds is 40. The van der Waals surface area contributed by atoms with Gasteiger partial charge in [-0.05, 0) is 118 Å². The van der Waals surface area contributed by atoms with Crippen LogP contribution in [0.25, 0.3) is 35.5 Å². The summed E-state index contributed by atoms with van der Waals surface area (Å²) in [5.41, 5.74) is 3.01. The molecule has 0 saturated heterocycles. The van der Waals surface area contributed by atoms with E-state index in [0.29, 0.717) is 47.7 Å². The Hall–Kier alpha value is -2.26. The number of ketones is 2. The minimum absolute atomic E-state index is 0.0296. The number of halogens is 2. The van der Waals surface area contributed by atoms with Crippen LogP contribution in [0.2, 0.25) is 0 Å². The van der Waals surface area contributed by atoms with Crippen LogP contribution in [-0.4, -0.2) is 24.8 Å². The molecule has 0 aliphatic heterocycles. The van der Waals surface area contributed by atoms with Crippen molar-refractivity contribution in [3.63, 3.8) is 0 Å². The molecule has 0 bridgehead atoms. The maximum Gasteiger partial charge on any atom is 0.188 e. The van der Waals surface area contributed by atoms with Gasteiger partial charge in [0.15, 0.2) is 11.6 Å². The van der Waals surface area contributed by atoms with Crippen LogP contribution in [0.1, 0.15) is 254 Å². The number of carbonyl (C=O) groups excluding carboxylic acids is 2. The number of benzene rings is 1. The van der Waals surface area contributed by atoms with E-state index in [4.69, 9.17) is 9.47 Å². The molecule has 4 nitrogen and oxygen atoms in total. The number of unbranched alkanes of at least 4 members (excludes halogenated alkanes) is 24. The van der Waals surface area contributed by atoms with E-state index < -0.39 is 0 Å². The summed E-state index contributed by atoms with van der Waals surface area (Å²) >= 11 is 10.5. The molecule has 0 amide bonds. The summed E-state index contributed by atoms with van der Waals surface area (Å²) in [6.07, 6.45) is 48.5. The van der Waals surface area contributed by atoms with Crippen molar-refractivity contribution < 1.29 is 19.1 Å². The lowest BCUT2D eigenvalue weighted by Crippen LogP contribution is -2.31. The fourth-order valence-electron chi connectivity index (χ4n) is 10.4. The normalized spacial score (nSPS) is 14.1. The van der Waals surface area contributed by atoms with Crippen LogP contribution >= 0.6 is 54.5 Å². The van der Waals surface area contributed by atoms with E-state index in [-0.39, 0.29) is 11.6 Å². The van der Waals surface area contributed by atoms with Gasteiger partial charge in [-0.25, -0.2) is 0 Å². The maximum absolute atomic E-state index is 14.4. The van der Waals surface area contributed by atoms with Crippen LogP contribution in [0.15, 0.2) is 31.8 Å². The largest absolute Gasteiger partial charge is 0.492 e. The first kappa shape index (κ1) is 58.6. The van der Waals surface area contributed by atoms with E-state index >= 15 is 0 Å². The summed E-state index contributed by atoms with van der Waals surface area (Å²) in [4.78, 5) is 30.7. The second kappa shape index (κ2) is 34.3. The van der Waals surface area contributed by atoms with Gasteiger partial charge in [-0.1, -0.05) is 207 Å². The van der Waals surface area contributed by atoms with Crippen molar-refractivity contribution in [2.45, 2.75) is 233 Å². The number of allylic oxidation sites excluding steroid dienone is 2. The Balaban J connectivity index is 1.52. The topological polar surface area (TPSA) is 52.6 Å². The summed E-state index contributed by atoms with van der Waals surface area (Å²) in [5, 5.41) is 1.56. The zero-order chi connectivity index (χ0) is 49.8. The average Bonchev–Trinajstić information content (AvgIpc) is 4.00. The lowest BCUT2D eigenvalue weighted by Gasteiger charge is -2.25. The Kier molecular flexibility index (Phi) is 28.7. The standard InChI is InChI=1S/C62H90Br2O4S2/c1-5-9-13-17-21-23-27-31-35-47(33-29-25-19-15-11-7-3)45-67-61-49-41-53(57-37-39-59(63)69-57)56(66)44-52(49)62(50-42-54(55(65)43-51(50)61)58-38-40-60(64)70-58)68-46-48(34-30-26-20-16-12-8-4)36-32-28-24-22-18-14-10-6-2/h37-44,47-48H,5-36,45-46H2,1-4H3. The SMILES string of the molecule is CCCCCCCCCCC(CCCCCCCC)COc1c2c(c(OCC(CCCCCCCC)CCCCCCCCCC)c3c1=CC(=O)C(c1ccc(Br)s1)=C3)=CC(=O)C(c1ccc(Br)s1)=C2. The van der Waals surface area contributed by atoms with E-state index in [9.17, 15) is 9.59 Å². The fourth-order valence-corrected chi connectivity index (χ4v) is 13.2. The van der Waals surface area contributed by atoms with Crippen LogP contribution in [0.4, 0.5) is 0 Å².